The molecule has 3 aromatic rings. The molecule has 0 radical (unpaired) electrons. The number of hydrogen-bond acceptors (Lipinski definition) is 12. The molecule has 14 nitrogen and oxygen atoms in total. The Morgan fingerprint density at radius 2 is 2.00 bits per heavy atom. The summed E-state index contributed by atoms with van der Waals surface area (Å²) >= 11 is 0. The number of nitrogen functional groups attached to an aromatic ring is 1. The number of aliphatic hydroxyl groups excluding tert-OH is 1. The summed E-state index contributed by atoms with van der Waals surface area (Å²) in [5, 5.41) is 39.7. The zero-order chi connectivity index (χ0) is 30.8. The number of aromatic nitrogens is 3. The molecular weight excluding hydrogens is 579 g/mol. The minimum Gasteiger partial charge on any atom is -0.461 e. The lowest BCUT2D eigenvalue weighted by atomic mass is 9.86. The summed E-state index contributed by atoms with van der Waals surface area (Å²) in [5.41, 5.74) is 2.06. The molecule has 230 valence electrons. The minimum atomic E-state index is -4.41. The van der Waals surface area contributed by atoms with Crippen LogP contribution in [0.15, 0.2) is 48.8 Å². The largest absolute Gasteiger partial charge is 0.461 e. The minimum absolute atomic E-state index is 0.0940. The van der Waals surface area contributed by atoms with Crippen molar-refractivity contribution in [1.82, 2.24) is 19.7 Å². The van der Waals surface area contributed by atoms with Crippen LogP contribution in [0.4, 0.5) is 5.82 Å². The van der Waals surface area contributed by atoms with Crippen LogP contribution in [0, 0.1) is 17.2 Å². The number of nitrogens with one attached hydrogen (secondary N) is 1. The predicted molar refractivity (Wildman–Crippen MR) is 152 cm³/mol. The van der Waals surface area contributed by atoms with Gasteiger partial charge in [0, 0.05) is 0 Å². The number of nitrogens with two attached hydrogens (primary N) is 1. The van der Waals surface area contributed by atoms with Gasteiger partial charge in [-0.2, -0.15) is 15.4 Å². The van der Waals surface area contributed by atoms with Crippen molar-refractivity contribution in [1.29, 1.82) is 5.26 Å². The number of para-hydroxylation sites is 1. The molecule has 1 saturated heterocycles. The summed E-state index contributed by atoms with van der Waals surface area (Å²) in [6, 6.07) is 11.9. The Morgan fingerprint density at radius 3 is 2.70 bits per heavy atom. The van der Waals surface area contributed by atoms with E-state index in [4.69, 9.17) is 24.3 Å². The second kappa shape index (κ2) is 12.2. The standard InChI is InChI=1S/C28H35N6O8P/c1-18-8-10-20(11-9-18)41-25(35)19(2)33-43(38,42-21-6-4-3-5-7-21)40-15-27(14-29)26(36)28(37,16-39-27)23-13-12-22-24(30)31-17-32-34(22)23/h3-7,12-13,17-20,26,36-37H,8-11,15-16H2,1-2H3,(H,33,38)(H2,30,31,32)/t18?,19-,20?,26+,27+,28+,43?/m0/s1. The van der Waals surface area contributed by atoms with Gasteiger partial charge >= 0.3 is 13.7 Å². The third-order valence-corrected chi connectivity index (χ3v) is 9.55. The van der Waals surface area contributed by atoms with Crippen molar-refractivity contribution in [2.24, 2.45) is 5.92 Å². The average Bonchev–Trinajstić information content (AvgIpc) is 3.55. The van der Waals surface area contributed by atoms with Gasteiger partial charge in [-0.1, -0.05) is 25.1 Å². The summed E-state index contributed by atoms with van der Waals surface area (Å²) in [6.45, 7) is 2.29. The van der Waals surface area contributed by atoms with Gasteiger partial charge in [0.2, 0.25) is 5.60 Å². The smallest absolute Gasteiger partial charge is 0.459 e. The summed E-state index contributed by atoms with van der Waals surface area (Å²) in [6.07, 6.45) is 2.43. The molecule has 2 aromatic heterocycles. The molecule has 1 aliphatic heterocycles. The van der Waals surface area contributed by atoms with Crippen molar-refractivity contribution in [2.75, 3.05) is 18.9 Å². The molecule has 5 rings (SSSR count). The number of nitriles is 1. The maximum absolute atomic E-state index is 14.0. The van der Waals surface area contributed by atoms with E-state index in [9.17, 15) is 24.8 Å². The molecule has 0 amide bonds. The fraction of sp³-hybridized carbons (Fsp3) is 0.500. The maximum Gasteiger partial charge on any atom is 0.459 e. The van der Waals surface area contributed by atoms with Gasteiger partial charge in [0.25, 0.3) is 0 Å². The predicted octanol–water partition coefficient (Wildman–Crippen LogP) is 2.46. The van der Waals surface area contributed by atoms with E-state index in [1.807, 2.05) is 6.07 Å². The molecular formula is C28H35N6O8P. The highest BCUT2D eigenvalue weighted by Crippen LogP contribution is 2.48. The van der Waals surface area contributed by atoms with E-state index in [1.165, 1.54) is 36.0 Å². The van der Waals surface area contributed by atoms with Gasteiger partial charge in [0.05, 0.1) is 12.3 Å². The maximum atomic E-state index is 14.0. The molecule has 1 aliphatic carbocycles. The number of esters is 1. The van der Waals surface area contributed by atoms with Crippen LogP contribution in [0.3, 0.4) is 0 Å². The van der Waals surface area contributed by atoms with Crippen LogP contribution in [0.2, 0.25) is 0 Å². The Bertz CT molecular complexity index is 1540. The van der Waals surface area contributed by atoms with Crippen molar-refractivity contribution in [2.45, 2.75) is 69.0 Å². The quantitative estimate of drug-likeness (QED) is 0.192. The molecule has 1 saturated carbocycles. The van der Waals surface area contributed by atoms with Crippen LogP contribution in [0.5, 0.6) is 5.75 Å². The highest BCUT2D eigenvalue weighted by atomic mass is 31.2. The number of benzene rings is 1. The van der Waals surface area contributed by atoms with E-state index in [2.05, 4.69) is 22.1 Å². The van der Waals surface area contributed by atoms with Crippen LogP contribution in [-0.4, -0.2) is 67.8 Å². The van der Waals surface area contributed by atoms with Gasteiger partial charge in [-0.15, -0.1) is 0 Å². The summed E-state index contributed by atoms with van der Waals surface area (Å²) in [7, 11) is -4.41. The van der Waals surface area contributed by atoms with Crippen LogP contribution < -0.4 is 15.3 Å². The van der Waals surface area contributed by atoms with Gasteiger partial charge in [-0.05, 0) is 62.8 Å². The lowest BCUT2D eigenvalue weighted by molar-refractivity contribution is -0.152. The molecule has 5 atom stereocenters. The van der Waals surface area contributed by atoms with Crippen LogP contribution in [0.25, 0.3) is 5.52 Å². The first-order chi connectivity index (χ1) is 20.5. The summed E-state index contributed by atoms with van der Waals surface area (Å²) in [4.78, 5) is 16.8. The van der Waals surface area contributed by atoms with Crippen molar-refractivity contribution in [3.63, 3.8) is 0 Å². The molecule has 0 bridgehead atoms. The van der Waals surface area contributed by atoms with Crippen LogP contribution in [0.1, 0.15) is 45.2 Å². The number of carbonyl (C=O) groups excluding carboxylic acids is 1. The van der Waals surface area contributed by atoms with Crippen molar-refractivity contribution < 1.29 is 38.1 Å². The van der Waals surface area contributed by atoms with E-state index < -0.39 is 50.3 Å². The fourth-order valence-corrected chi connectivity index (χ4v) is 6.84. The molecule has 0 spiro atoms. The Balaban J connectivity index is 1.34. The first-order valence-corrected chi connectivity index (χ1v) is 15.5. The van der Waals surface area contributed by atoms with Gasteiger partial charge in [-0.25, -0.2) is 14.1 Å². The number of anilines is 1. The number of aliphatic hydroxyl groups is 2. The summed E-state index contributed by atoms with van der Waals surface area (Å²) < 4.78 is 38.0. The molecule has 1 aromatic carbocycles. The lowest BCUT2D eigenvalue weighted by Gasteiger charge is -2.31. The second-order valence-electron chi connectivity index (χ2n) is 11.1. The average molecular weight is 615 g/mol. The van der Waals surface area contributed by atoms with Gasteiger partial charge in [0.15, 0.2) is 11.4 Å². The molecule has 43 heavy (non-hydrogen) atoms. The zero-order valence-electron chi connectivity index (χ0n) is 23.8. The molecule has 5 N–H and O–H groups in total. The fourth-order valence-electron chi connectivity index (χ4n) is 5.32. The highest BCUT2D eigenvalue weighted by molar-refractivity contribution is 7.52. The van der Waals surface area contributed by atoms with Crippen LogP contribution >= 0.6 is 7.75 Å². The SMILES string of the molecule is CC1CCC(OC(=O)[C@H](C)NP(=O)(OC[C@@]2(C#N)OC[C@@](O)(c3ccc4c(N)ncnn34)[C@@H]2O)Oc2ccccc2)CC1. The molecule has 15 heteroatoms. The Morgan fingerprint density at radius 1 is 1.28 bits per heavy atom. The van der Waals surface area contributed by atoms with Crippen molar-refractivity contribution in [3.05, 3.63) is 54.5 Å². The molecule has 2 aliphatic rings. The number of rotatable bonds is 10. The number of carbonyl (C=O) groups is 1. The third-order valence-electron chi connectivity index (χ3n) is 7.93. The van der Waals surface area contributed by atoms with E-state index in [0.717, 1.165) is 25.7 Å². The van der Waals surface area contributed by atoms with E-state index in [1.54, 1.807) is 24.3 Å². The number of hydrogen-bond donors (Lipinski definition) is 4. The van der Waals surface area contributed by atoms with E-state index in [-0.39, 0.29) is 23.4 Å². The first-order valence-electron chi connectivity index (χ1n) is 14.0. The molecule has 2 fully saturated rings. The molecule has 3 heterocycles. The normalized spacial score (nSPS) is 29.4. The number of fused-ring (bicyclic) bond motifs is 1. The molecule has 1 unspecified atom stereocenters. The summed E-state index contributed by atoms with van der Waals surface area (Å²) in [5.74, 6) is 0.235. The number of ether oxygens (including phenoxy) is 2. The second-order valence-corrected chi connectivity index (χ2v) is 12.8. The lowest BCUT2D eigenvalue weighted by Crippen LogP contribution is -2.51. The van der Waals surface area contributed by atoms with E-state index in [0.29, 0.717) is 11.4 Å². The zero-order valence-corrected chi connectivity index (χ0v) is 24.7. The Labute approximate surface area is 248 Å². The topological polar surface area (TPSA) is 204 Å². The van der Waals surface area contributed by atoms with E-state index >= 15 is 0 Å². The third kappa shape index (κ3) is 6.24. The van der Waals surface area contributed by atoms with Gasteiger partial charge < -0.3 is 29.9 Å². The highest BCUT2D eigenvalue weighted by Gasteiger charge is 2.61. The first kappa shape index (κ1) is 30.9. The van der Waals surface area contributed by atoms with Gasteiger partial charge in [0.1, 0.15) is 48.5 Å². The monoisotopic (exact) mass is 614 g/mol. The Hall–Kier alpha value is -3.57. The van der Waals surface area contributed by atoms with Crippen LogP contribution in [-0.2, 0) is 29.0 Å². The van der Waals surface area contributed by atoms with Gasteiger partial charge in [-0.3, -0.25) is 9.32 Å². The number of nitrogens with zero attached hydrogens (tertiary/aromatic N) is 4. The Kier molecular flexibility index (Phi) is 8.76. The van der Waals surface area contributed by atoms with Crippen molar-refractivity contribution in [3.8, 4) is 11.8 Å². The van der Waals surface area contributed by atoms with Crippen molar-refractivity contribution >= 4 is 25.1 Å².